The Morgan fingerprint density at radius 3 is 2.46 bits per heavy atom. The lowest BCUT2D eigenvalue weighted by molar-refractivity contribution is 0.231. The van der Waals surface area contributed by atoms with E-state index in [4.69, 9.17) is 0 Å². The minimum absolute atomic E-state index is 0.709. The Morgan fingerprint density at radius 1 is 1.31 bits per heavy atom. The summed E-state index contributed by atoms with van der Waals surface area (Å²) in [6, 6.07) is 0.709. The Kier molecular flexibility index (Phi) is 4.79. The van der Waals surface area contributed by atoms with Crippen molar-refractivity contribution in [2.24, 2.45) is 11.8 Å². The van der Waals surface area contributed by atoms with Gasteiger partial charge in [-0.05, 0) is 38.1 Å². The Labute approximate surface area is 83.3 Å². The first-order valence-corrected chi connectivity index (χ1v) is 5.97. The van der Waals surface area contributed by atoms with Gasteiger partial charge in [0, 0.05) is 6.04 Å². The molecule has 0 aromatic rings. The third kappa shape index (κ3) is 3.68. The smallest absolute Gasteiger partial charge is 0.00644 e. The molecule has 0 bridgehead atoms. The van der Waals surface area contributed by atoms with E-state index in [0.29, 0.717) is 6.04 Å². The van der Waals surface area contributed by atoms with Gasteiger partial charge in [-0.1, -0.05) is 33.1 Å². The third-order valence-corrected chi connectivity index (χ3v) is 3.50. The van der Waals surface area contributed by atoms with Crippen molar-refractivity contribution in [1.82, 2.24) is 5.32 Å². The van der Waals surface area contributed by atoms with E-state index in [0.717, 1.165) is 11.8 Å². The van der Waals surface area contributed by atoms with Crippen LogP contribution in [0.5, 0.6) is 0 Å². The highest BCUT2D eigenvalue weighted by Crippen LogP contribution is 2.32. The fourth-order valence-corrected chi connectivity index (χ4v) is 2.03. The second-order valence-electron chi connectivity index (χ2n) is 4.75. The molecule has 1 saturated carbocycles. The van der Waals surface area contributed by atoms with Crippen molar-refractivity contribution < 1.29 is 0 Å². The standard InChI is InChI=1S/C12H25N/c1-4-8-13-11(3)10(2)9-12-6-5-7-12/h10-13H,4-9H2,1-3H3. The summed E-state index contributed by atoms with van der Waals surface area (Å²) in [6.07, 6.45) is 7.15. The molecule has 0 radical (unpaired) electrons. The van der Waals surface area contributed by atoms with Crippen molar-refractivity contribution in [2.45, 2.75) is 58.9 Å². The molecule has 0 amide bonds. The van der Waals surface area contributed by atoms with Gasteiger partial charge in [0.2, 0.25) is 0 Å². The molecule has 1 fully saturated rings. The van der Waals surface area contributed by atoms with Gasteiger partial charge in [0.1, 0.15) is 0 Å². The molecule has 0 spiro atoms. The topological polar surface area (TPSA) is 12.0 Å². The second-order valence-corrected chi connectivity index (χ2v) is 4.75. The van der Waals surface area contributed by atoms with Crippen molar-refractivity contribution in [3.05, 3.63) is 0 Å². The van der Waals surface area contributed by atoms with Gasteiger partial charge in [-0.3, -0.25) is 0 Å². The third-order valence-electron chi connectivity index (χ3n) is 3.50. The molecule has 2 atom stereocenters. The molecule has 1 rings (SSSR count). The Morgan fingerprint density at radius 2 is 2.00 bits per heavy atom. The summed E-state index contributed by atoms with van der Waals surface area (Å²) in [6.45, 7) is 8.14. The van der Waals surface area contributed by atoms with Gasteiger partial charge in [0.25, 0.3) is 0 Å². The van der Waals surface area contributed by atoms with Crippen molar-refractivity contribution in [3.63, 3.8) is 0 Å². The number of nitrogens with one attached hydrogen (secondary N) is 1. The van der Waals surface area contributed by atoms with E-state index in [-0.39, 0.29) is 0 Å². The van der Waals surface area contributed by atoms with E-state index >= 15 is 0 Å². The minimum Gasteiger partial charge on any atom is -0.314 e. The van der Waals surface area contributed by atoms with Gasteiger partial charge in [0.15, 0.2) is 0 Å². The predicted octanol–water partition coefficient (Wildman–Crippen LogP) is 3.20. The summed E-state index contributed by atoms with van der Waals surface area (Å²) in [7, 11) is 0. The lowest BCUT2D eigenvalue weighted by Crippen LogP contribution is -2.34. The maximum Gasteiger partial charge on any atom is 0.00644 e. The Hall–Kier alpha value is -0.0400. The molecule has 1 nitrogen and oxygen atoms in total. The van der Waals surface area contributed by atoms with E-state index in [9.17, 15) is 0 Å². The van der Waals surface area contributed by atoms with Crippen molar-refractivity contribution in [1.29, 1.82) is 0 Å². The molecule has 1 N–H and O–H groups in total. The van der Waals surface area contributed by atoms with Crippen molar-refractivity contribution in [3.8, 4) is 0 Å². The highest BCUT2D eigenvalue weighted by atomic mass is 14.9. The van der Waals surface area contributed by atoms with Crippen LogP contribution in [0.1, 0.15) is 52.9 Å². The summed E-state index contributed by atoms with van der Waals surface area (Å²) < 4.78 is 0. The van der Waals surface area contributed by atoms with E-state index in [1.807, 2.05) is 0 Å². The zero-order valence-electron chi connectivity index (χ0n) is 9.47. The number of rotatable bonds is 6. The molecule has 0 heterocycles. The fourth-order valence-electron chi connectivity index (χ4n) is 2.03. The van der Waals surface area contributed by atoms with Crippen LogP contribution in [-0.2, 0) is 0 Å². The van der Waals surface area contributed by atoms with Crippen LogP contribution < -0.4 is 5.32 Å². The highest BCUT2D eigenvalue weighted by Gasteiger charge is 2.22. The van der Waals surface area contributed by atoms with Gasteiger partial charge in [-0.25, -0.2) is 0 Å². The zero-order chi connectivity index (χ0) is 9.68. The number of hydrogen-bond acceptors (Lipinski definition) is 1. The maximum absolute atomic E-state index is 3.59. The van der Waals surface area contributed by atoms with Crippen molar-refractivity contribution in [2.75, 3.05) is 6.54 Å². The van der Waals surface area contributed by atoms with E-state index in [1.165, 1.54) is 38.6 Å². The van der Waals surface area contributed by atoms with E-state index in [1.54, 1.807) is 0 Å². The molecule has 0 saturated heterocycles. The van der Waals surface area contributed by atoms with Crippen LogP contribution in [0.4, 0.5) is 0 Å². The van der Waals surface area contributed by atoms with Gasteiger partial charge in [0.05, 0.1) is 0 Å². The first-order valence-electron chi connectivity index (χ1n) is 5.97. The zero-order valence-corrected chi connectivity index (χ0v) is 9.47. The Bertz CT molecular complexity index is 129. The van der Waals surface area contributed by atoms with Crippen LogP contribution in [0.2, 0.25) is 0 Å². The summed E-state index contributed by atoms with van der Waals surface area (Å²) in [5.74, 6) is 1.91. The second kappa shape index (κ2) is 5.64. The Balaban J connectivity index is 2.09. The van der Waals surface area contributed by atoms with Crippen LogP contribution in [0.25, 0.3) is 0 Å². The lowest BCUT2D eigenvalue weighted by atomic mass is 9.78. The van der Waals surface area contributed by atoms with Gasteiger partial charge >= 0.3 is 0 Å². The van der Waals surface area contributed by atoms with Crippen molar-refractivity contribution >= 4 is 0 Å². The maximum atomic E-state index is 3.59. The molecule has 1 aliphatic rings. The summed E-state index contributed by atoms with van der Waals surface area (Å²) in [5, 5.41) is 3.59. The fraction of sp³-hybridized carbons (Fsp3) is 1.00. The van der Waals surface area contributed by atoms with Crippen LogP contribution in [0.15, 0.2) is 0 Å². The molecule has 0 aromatic heterocycles. The van der Waals surface area contributed by atoms with Crippen LogP contribution in [-0.4, -0.2) is 12.6 Å². The number of hydrogen-bond donors (Lipinski definition) is 1. The first-order chi connectivity index (χ1) is 6.24. The highest BCUT2D eigenvalue weighted by molar-refractivity contribution is 4.76. The van der Waals surface area contributed by atoms with E-state index < -0.39 is 0 Å². The van der Waals surface area contributed by atoms with Gasteiger partial charge in [-0.2, -0.15) is 0 Å². The van der Waals surface area contributed by atoms with E-state index in [2.05, 4.69) is 26.1 Å². The van der Waals surface area contributed by atoms with Crippen LogP contribution in [0.3, 0.4) is 0 Å². The molecular formula is C12H25N. The van der Waals surface area contributed by atoms with Gasteiger partial charge < -0.3 is 5.32 Å². The molecule has 1 heteroatoms. The van der Waals surface area contributed by atoms with Crippen LogP contribution >= 0.6 is 0 Å². The largest absolute Gasteiger partial charge is 0.314 e. The molecule has 78 valence electrons. The van der Waals surface area contributed by atoms with Crippen LogP contribution in [0, 0.1) is 11.8 Å². The first kappa shape index (κ1) is 11.0. The monoisotopic (exact) mass is 183 g/mol. The molecule has 1 aliphatic carbocycles. The average Bonchev–Trinajstić information content (AvgIpc) is 2.06. The predicted molar refractivity (Wildman–Crippen MR) is 58.9 cm³/mol. The molecule has 13 heavy (non-hydrogen) atoms. The summed E-state index contributed by atoms with van der Waals surface area (Å²) in [4.78, 5) is 0. The average molecular weight is 183 g/mol. The molecule has 0 aromatic carbocycles. The van der Waals surface area contributed by atoms with Gasteiger partial charge in [-0.15, -0.1) is 0 Å². The SMILES string of the molecule is CCCNC(C)C(C)CC1CCC1. The molecular weight excluding hydrogens is 158 g/mol. The minimum atomic E-state index is 0.709. The molecule has 2 unspecified atom stereocenters. The lowest BCUT2D eigenvalue weighted by Gasteiger charge is -2.31. The quantitative estimate of drug-likeness (QED) is 0.667. The summed E-state index contributed by atoms with van der Waals surface area (Å²) in [5.41, 5.74) is 0. The molecule has 0 aliphatic heterocycles. The normalized spacial score (nSPS) is 22.4. The summed E-state index contributed by atoms with van der Waals surface area (Å²) >= 11 is 0.